The highest BCUT2D eigenvalue weighted by molar-refractivity contribution is 8.26. The molecule has 0 bridgehead atoms. The summed E-state index contributed by atoms with van der Waals surface area (Å²) in [5.41, 5.74) is 1.68. The summed E-state index contributed by atoms with van der Waals surface area (Å²) in [7, 11) is 0. The molecule has 0 unspecified atom stereocenters. The normalized spacial score (nSPS) is 17.7. The number of alkyl halides is 3. The van der Waals surface area contributed by atoms with Crippen LogP contribution in [0.5, 0.6) is 0 Å². The number of hydrogen-bond acceptors (Lipinski definition) is 4. The highest BCUT2D eigenvalue weighted by atomic mass is 32.2. The van der Waals surface area contributed by atoms with Crippen LogP contribution in [0.3, 0.4) is 0 Å². The summed E-state index contributed by atoms with van der Waals surface area (Å²) in [6.07, 6.45) is -2.17. The Labute approximate surface area is 193 Å². The van der Waals surface area contributed by atoms with Gasteiger partial charge >= 0.3 is 6.18 Å². The third-order valence-corrected chi connectivity index (χ3v) is 6.21. The molecule has 172 valence electrons. The van der Waals surface area contributed by atoms with Crippen LogP contribution in [0, 0.1) is 25.2 Å². The van der Waals surface area contributed by atoms with Crippen LogP contribution in [0.15, 0.2) is 46.0 Å². The fraction of sp³-hybridized carbons (Fsp3) is 0.304. The summed E-state index contributed by atoms with van der Waals surface area (Å²) in [6.45, 7) is 7.66. The summed E-state index contributed by atoms with van der Waals surface area (Å²) >= 11 is 1.29. The van der Waals surface area contributed by atoms with Gasteiger partial charge in [-0.25, -0.2) is 0 Å². The van der Waals surface area contributed by atoms with Crippen molar-refractivity contribution >= 4 is 39.8 Å². The van der Waals surface area contributed by atoms with E-state index in [1.165, 1.54) is 22.8 Å². The van der Waals surface area contributed by atoms with Crippen molar-refractivity contribution in [1.82, 2.24) is 9.58 Å². The Kier molecular flexibility index (Phi) is 5.81. The SMILES string of the molecule is Cc1cc(/C=C2/C(=N)N3N=C(CC(C)C)SC3=NC2=O)c(C)n1-c1cccc(C(F)(F)F)c1. The molecule has 4 rings (SSSR count). The van der Waals surface area contributed by atoms with Gasteiger partial charge in [0.15, 0.2) is 5.84 Å². The largest absolute Gasteiger partial charge is 0.416 e. The third kappa shape index (κ3) is 4.39. The number of aliphatic imine (C=N–C) groups is 1. The molecule has 0 atom stereocenters. The van der Waals surface area contributed by atoms with Crippen LogP contribution in [-0.2, 0) is 11.0 Å². The number of carbonyl (C=O) groups excluding carboxylic acids is 1. The van der Waals surface area contributed by atoms with E-state index >= 15 is 0 Å². The summed E-state index contributed by atoms with van der Waals surface area (Å²) < 4.78 is 41.2. The molecule has 0 fully saturated rings. The first-order chi connectivity index (χ1) is 15.5. The first-order valence-electron chi connectivity index (χ1n) is 10.3. The lowest BCUT2D eigenvalue weighted by Gasteiger charge is -2.20. The summed E-state index contributed by atoms with van der Waals surface area (Å²) in [6, 6.07) is 6.86. The van der Waals surface area contributed by atoms with Crippen LogP contribution < -0.4 is 0 Å². The van der Waals surface area contributed by atoms with Crippen LogP contribution in [0.1, 0.15) is 42.8 Å². The van der Waals surface area contributed by atoms with Crippen LogP contribution in [0.2, 0.25) is 0 Å². The molecule has 2 aliphatic heterocycles. The molecular weight excluding hydrogens is 451 g/mol. The zero-order chi connectivity index (χ0) is 24.1. The van der Waals surface area contributed by atoms with Crippen molar-refractivity contribution < 1.29 is 18.0 Å². The Balaban J connectivity index is 1.71. The molecule has 0 spiro atoms. The monoisotopic (exact) mass is 473 g/mol. The first-order valence-corrected chi connectivity index (χ1v) is 11.1. The standard InChI is InChI=1S/C23H22F3N5OS/c1-12(2)8-19-29-31-20(27)18(21(32)28-22(31)33-19)10-15-9-13(3)30(14(15)4)17-7-5-6-16(11-17)23(24,25)26/h5-7,9-12,27H,8H2,1-4H3/b18-10-,27-20?. The Morgan fingerprint density at radius 1 is 1.21 bits per heavy atom. The number of aryl methyl sites for hydroxylation is 1. The van der Waals surface area contributed by atoms with Crippen molar-refractivity contribution in [2.75, 3.05) is 0 Å². The molecule has 6 nitrogen and oxygen atoms in total. The van der Waals surface area contributed by atoms with Gasteiger partial charge in [0, 0.05) is 23.5 Å². The van der Waals surface area contributed by atoms with Crippen molar-refractivity contribution in [2.24, 2.45) is 16.0 Å². The lowest BCUT2D eigenvalue weighted by atomic mass is 10.1. The van der Waals surface area contributed by atoms with E-state index < -0.39 is 17.6 Å². The highest BCUT2D eigenvalue weighted by Crippen LogP contribution is 2.33. The molecule has 0 aliphatic carbocycles. The maximum absolute atomic E-state index is 13.2. The number of benzene rings is 1. The molecule has 1 aromatic heterocycles. The molecule has 0 saturated heterocycles. The maximum atomic E-state index is 13.2. The van der Waals surface area contributed by atoms with Crippen LogP contribution >= 0.6 is 11.8 Å². The topological polar surface area (TPSA) is 73.8 Å². The van der Waals surface area contributed by atoms with Gasteiger partial charge < -0.3 is 4.57 Å². The molecule has 2 aromatic rings. The maximum Gasteiger partial charge on any atom is 0.416 e. The molecule has 1 aromatic carbocycles. The van der Waals surface area contributed by atoms with Crippen molar-refractivity contribution in [1.29, 1.82) is 5.41 Å². The number of hydrogen-bond donors (Lipinski definition) is 1. The minimum Gasteiger partial charge on any atom is -0.318 e. The van der Waals surface area contributed by atoms with Gasteiger partial charge in [0.25, 0.3) is 5.91 Å². The minimum absolute atomic E-state index is 0.0693. The molecule has 0 radical (unpaired) electrons. The fourth-order valence-electron chi connectivity index (χ4n) is 3.77. The number of fused-ring (bicyclic) bond motifs is 1. The van der Waals surface area contributed by atoms with Gasteiger partial charge in [-0.1, -0.05) is 19.9 Å². The van der Waals surface area contributed by atoms with Gasteiger partial charge in [0.05, 0.1) is 11.1 Å². The van der Waals surface area contributed by atoms with Crippen molar-refractivity contribution in [3.05, 3.63) is 58.4 Å². The Hall–Kier alpha value is -3.14. The second-order valence-corrected chi connectivity index (χ2v) is 9.36. The van der Waals surface area contributed by atoms with Gasteiger partial charge in [-0.05, 0) is 67.4 Å². The highest BCUT2D eigenvalue weighted by Gasteiger charge is 2.36. The molecule has 0 saturated carbocycles. The molecule has 2 aliphatic rings. The quantitative estimate of drug-likeness (QED) is 0.572. The average Bonchev–Trinajstić information content (AvgIpc) is 3.23. The number of hydrazone groups is 1. The van der Waals surface area contributed by atoms with Crippen molar-refractivity contribution in [3.8, 4) is 5.69 Å². The molecule has 33 heavy (non-hydrogen) atoms. The predicted octanol–water partition coefficient (Wildman–Crippen LogP) is 5.78. The summed E-state index contributed by atoms with van der Waals surface area (Å²) in [4.78, 5) is 16.8. The number of carbonyl (C=O) groups is 1. The molecule has 1 amide bonds. The van der Waals surface area contributed by atoms with E-state index in [2.05, 4.69) is 23.9 Å². The Bertz CT molecular complexity index is 1250. The number of amides is 1. The van der Waals surface area contributed by atoms with Gasteiger partial charge in [-0.2, -0.15) is 28.3 Å². The second kappa shape index (κ2) is 8.33. The van der Waals surface area contributed by atoms with Gasteiger partial charge in [-0.3, -0.25) is 10.2 Å². The van der Waals surface area contributed by atoms with E-state index in [0.717, 1.165) is 23.6 Å². The molecule has 3 heterocycles. The van der Waals surface area contributed by atoms with Crippen molar-refractivity contribution in [3.63, 3.8) is 0 Å². The lowest BCUT2D eigenvalue weighted by Crippen LogP contribution is -2.35. The fourth-order valence-corrected chi connectivity index (χ4v) is 4.87. The minimum atomic E-state index is -4.45. The van der Waals surface area contributed by atoms with Crippen LogP contribution in [-0.4, -0.2) is 31.5 Å². The number of nitrogens with zero attached hydrogens (tertiary/aromatic N) is 4. The first kappa shape index (κ1) is 23.0. The smallest absolute Gasteiger partial charge is 0.318 e. The lowest BCUT2D eigenvalue weighted by molar-refractivity contribution is -0.137. The number of aromatic nitrogens is 1. The van der Waals surface area contributed by atoms with Gasteiger partial charge in [0.1, 0.15) is 5.04 Å². The van der Waals surface area contributed by atoms with Crippen LogP contribution in [0.25, 0.3) is 11.8 Å². The number of nitrogens with one attached hydrogen (secondary N) is 1. The second-order valence-electron chi connectivity index (χ2n) is 8.32. The van der Waals surface area contributed by atoms with E-state index in [9.17, 15) is 18.0 Å². The number of amidine groups is 2. The molecular formula is C23H22F3N5OS. The average molecular weight is 474 g/mol. The number of halogens is 3. The zero-order valence-electron chi connectivity index (χ0n) is 18.5. The van der Waals surface area contributed by atoms with E-state index in [4.69, 9.17) is 5.41 Å². The molecule has 10 heteroatoms. The van der Waals surface area contributed by atoms with Crippen LogP contribution in [0.4, 0.5) is 13.2 Å². The van der Waals surface area contributed by atoms with E-state index in [1.54, 1.807) is 36.6 Å². The number of rotatable bonds is 4. The molecule has 1 N–H and O–H groups in total. The third-order valence-electron chi connectivity index (χ3n) is 5.28. The van der Waals surface area contributed by atoms with E-state index in [0.29, 0.717) is 33.7 Å². The Morgan fingerprint density at radius 3 is 2.61 bits per heavy atom. The predicted molar refractivity (Wildman–Crippen MR) is 125 cm³/mol. The number of thioether (sulfide) groups is 1. The zero-order valence-corrected chi connectivity index (χ0v) is 19.3. The summed E-state index contributed by atoms with van der Waals surface area (Å²) in [5, 5.41) is 15.5. The van der Waals surface area contributed by atoms with E-state index in [-0.39, 0.29) is 11.4 Å². The Morgan fingerprint density at radius 2 is 1.94 bits per heavy atom. The van der Waals surface area contributed by atoms with Crippen molar-refractivity contribution in [2.45, 2.75) is 40.3 Å². The van der Waals surface area contributed by atoms with Gasteiger partial charge in [0.2, 0.25) is 5.17 Å². The van der Waals surface area contributed by atoms with Gasteiger partial charge in [-0.15, -0.1) is 0 Å². The summed E-state index contributed by atoms with van der Waals surface area (Å²) in [5.74, 6) is -0.233. The van der Waals surface area contributed by atoms with E-state index in [1.807, 2.05) is 0 Å².